The lowest BCUT2D eigenvalue weighted by Crippen LogP contribution is -2.09. The summed E-state index contributed by atoms with van der Waals surface area (Å²) in [5.41, 5.74) is 6.14. The fourth-order valence-electron chi connectivity index (χ4n) is 1.71. The molecule has 0 saturated heterocycles. The Kier molecular flexibility index (Phi) is 6.19. The zero-order valence-electron chi connectivity index (χ0n) is 9.95. The first-order valence-electron chi connectivity index (χ1n) is 5.77. The van der Waals surface area contributed by atoms with Gasteiger partial charge in [-0.25, -0.2) is 0 Å². The number of nitrogens with two attached hydrogens (primary N) is 1. The van der Waals surface area contributed by atoms with Gasteiger partial charge in [0.25, 0.3) is 0 Å². The number of ether oxygens (including phenoxy) is 1. The third-order valence-electron chi connectivity index (χ3n) is 2.64. The molecule has 0 amide bonds. The van der Waals surface area contributed by atoms with E-state index in [1.807, 2.05) is 17.5 Å². The molecule has 1 atom stereocenters. The van der Waals surface area contributed by atoms with Crippen LogP contribution in [0.2, 0.25) is 0 Å². The lowest BCUT2D eigenvalue weighted by molar-refractivity contribution is 0.406. The smallest absolute Gasteiger partial charge is 0.134 e. The molecule has 0 saturated carbocycles. The highest BCUT2D eigenvalue weighted by molar-refractivity contribution is 7.10. The lowest BCUT2D eigenvalue weighted by atomic mass is 10.1. The highest BCUT2D eigenvalue weighted by Gasteiger charge is 2.12. The first kappa shape index (κ1) is 13.3. The molecule has 2 nitrogen and oxygen atoms in total. The zero-order chi connectivity index (χ0) is 11.8. The molecule has 1 heterocycles. The molecule has 1 aromatic heterocycles. The summed E-state index contributed by atoms with van der Waals surface area (Å²) in [6, 6.07) is 2.11. The van der Waals surface area contributed by atoms with Crippen LogP contribution in [0.1, 0.15) is 43.0 Å². The van der Waals surface area contributed by atoms with E-state index in [2.05, 4.69) is 6.58 Å². The second-order valence-electron chi connectivity index (χ2n) is 3.89. The zero-order valence-corrected chi connectivity index (χ0v) is 10.8. The van der Waals surface area contributed by atoms with Crippen LogP contribution in [-0.4, -0.2) is 7.11 Å². The van der Waals surface area contributed by atoms with Crippen molar-refractivity contribution in [1.29, 1.82) is 0 Å². The van der Waals surface area contributed by atoms with Crippen molar-refractivity contribution in [3.8, 4) is 5.75 Å². The lowest BCUT2D eigenvalue weighted by Gasteiger charge is -2.11. The fraction of sp³-hybridized carbons (Fsp3) is 0.538. The Labute approximate surface area is 102 Å². The van der Waals surface area contributed by atoms with Crippen LogP contribution in [-0.2, 0) is 0 Å². The minimum absolute atomic E-state index is 0.124. The van der Waals surface area contributed by atoms with Gasteiger partial charge in [-0.1, -0.05) is 18.9 Å². The standard InChI is InChI=1S/C13H21NOS/c1-3-4-5-6-7-8-11(14)13-12(15-2)9-10-16-13/h3,9-11H,1,4-8,14H2,2H3. The number of methoxy groups -OCH3 is 1. The number of hydrogen-bond donors (Lipinski definition) is 1. The van der Waals surface area contributed by atoms with Crippen LogP contribution < -0.4 is 10.5 Å². The van der Waals surface area contributed by atoms with Crippen molar-refractivity contribution < 1.29 is 4.74 Å². The van der Waals surface area contributed by atoms with E-state index in [1.54, 1.807) is 18.4 Å². The highest BCUT2D eigenvalue weighted by atomic mass is 32.1. The molecule has 3 heteroatoms. The molecule has 0 spiro atoms. The highest BCUT2D eigenvalue weighted by Crippen LogP contribution is 2.32. The van der Waals surface area contributed by atoms with Gasteiger partial charge in [0, 0.05) is 6.04 Å². The fourth-order valence-corrected chi connectivity index (χ4v) is 2.61. The molecule has 1 unspecified atom stereocenters. The maximum Gasteiger partial charge on any atom is 0.134 e. The Balaban J connectivity index is 2.29. The molecule has 0 aliphatic rings. The maximum absolute atomic E-state index is 6.14. The van der Waals surface area contributed by atoms with Crippen molar-refractivity contribution in [1.82, 2.24) is 0 Å². The molecule has 1 rings (SSSR count). The summed E-state index contributed by atoms with van der Waals surface area (Å²) in [6.07, 6.45) is 7.75. The van der Waals surface area contributed by atoms with Crippen molar-refractivity contribution >= 4 is 11.3 Å². The van der Waals surface area contributed by atoms with Gasteiger partial charge in [0.2, 0.25) is 0 Å². The summed E-state index contributed by atoms with van der Waals surface area (Å²) in [4.78, 5) is 1.17. The van der Waals surface area contributed by atoms with Gasteiger partial charge in [-0.2, -0.15) is 0 Å². The molecule has 0 aliphatic heterocycles. The van der Waals surface area contributed by atoms with Crippen LogP contribution in [0.15, 0.2) is 24.1 Å². The Bertz CT molecular complexity index is 309. The molecule has 1 aromatic rings. The number of thiophene rings is 1. The number of unbranched alkanes of at least 4 members (excludes halogenated alkanes) is 3. The SMILES string of the molecule is C=CCCCCCC(N)c1sccc1OC. The third kappa shape index (κ3) is 3.99. The van der Waals surface area contributed by atoms with E-state index in [1.165, 1.54) is 24.1 Å². The quantitative estimate of drug-likeness (QED) is 0.551. The predicted molar refractivity (Wildman–Crippen MR) is 71.1 cm³/mol. The van der Waals surface area contributed by atoms with E-state index in [9.17, 15) is 0 Å². The monoisotopic (exact) mass is 239 g/mol. The molecule has 2 N–H and O–H groups in total. The van der Waals surface area contributed by atoms with Gasteiger partial charge in [-0.15, -0.1) is 17.9 Å². The number of allylic oxidation sites excluding steroid dienone is 1. The second-order valence-corrected chi connectivity index (χ2v) is 4.83. The molecule has 0 bridgehead atoms. The van der Waals surface area contributed by atoms with Crippen LogP contribution in [0.25, 0.3) is 0 Å². The van der Waals surface area contributed by atoms with Gasteiger partial charge < -0.3 is 10.5 Å². The summed E-state index contributed by atoms with van der Waals surface area (Å²) in [5.74, 6) is 0.934. The summed E-state index contributed by atoms with van der Waals surface area (Å²) in [5, 5.41) is 2.03. The molecule has 0 fully saturated rings. The van der Waals surface area contributed by atoms with E-state index in [-0.39, 0.29) is 6.04 Å². The van der Waals surface area contributed by atoms with Crippen molar-refractivity contribution in [2.45, 2.75) is 38.1 Å². The second kappa shape index (κ2) is 7.47. The third-order valence-corrected chi connectivity index (χ3v) is 3.67. The number of hydrogen-bond acceptors (Lipinski definition) is 3. The largest absolute Gasteiger partial charge is 0.496 e. The average molecular weight is 239 g/mol. The Morgan fingerprint density at radius 2 is 2.31 bits per heavy atom. The minimum Gasteiger partial charge on any atom is -0.496 e. The van der Waals surface area contributed by atoms with Crippen LogP contribution in [0, 0.1) is 0 Å². The molecular weight excluding hydrogens is 218 g/mol. The Morgan fingerprint density at radius 1 is 1.50 bits per heavy atom. The molecule has 0 radical (unpaired) electrons. The van der Waals surface area contributed by atoms with Gasteiger partial charge in [0.05, 0.1) is 12.0 Å². The average Bonchev–Trinajstić information content (AvgIpc) is 2.76. The van der Waals surface area contributed by atoms with Gasteiger partial charge in [0.15, 0.2) is 0 Å². The Hall–Kier alpha value is -0.800. The molecule has 0 aromatic carbocycles. The van der Waals surface area contributed by atoms with Crippen molar-refractivity contribution in [2.24, 2.45) is 5.73 Å². The summed E-state index contributed by atoms with van der Waals surface area (Å²) >= 11 is 1.68. The van der Waals surface area contributed by atoms with Crippen molar-refractivity contribution in [3.05, 3.63) is 29.0 Å². The maximum atomic E-state index is 6.14. The van der Waals surface area contributed by atoms with Crippen molar-refractivity contribution in [3.63, 3.8) is 0 Å². The van der Waals surface area contributed by atoms with E-state index in [0.29, 0.717) is 0 Å². The van der Waals surface area contributed by atoms with E-state index in [4.69, 9.17) is 10.5 Å². The van der Waals surface area contributed by atoms with Gasteiger partial charge >= 0.3 is 0 Å². The van der Waals surface area contributed by atoms with Crippen molar-refractivity contribution in [2.75, 3.05) is 7.11 Å². The summed E-state index contributed by atoms with van der Waals surface area (Å²) < 4.78 is 5.27. The van der Waals surface area contributed by atoms with Crippen LogP contribution in [0.3, 0.4) is 0 Å². The molecular formula is C13H21NOS. The van der Waals surface area contributed by atoms with Gasteiger partial charge in [-0.05, 0) is 30.7 Å². The summed E-state index contributed by atoms with van der Waals surface area (Å²) in [7, 11) is 1.70. The number of rotatable bonds is 8. The van der Waals surface area contributed by atoms with Crippen LogP contribution in [0.5, 0.6) is 5.75 Å². The van der Waals surface area contributed by atoms with Gasteiger partial charge in [-0.3, -0.25) is 0 Å². The Morgan fingerprint density at radius 3 is 3.00 bits per heavy atom. The first-order chi connectivity index (χ1) is 7.79. The minimum atomic E-state index is 0.124. The molecule has 0 aliphatic carbocycles. The topological polar surface area (TPSA) is 35.2 Å². The van der Waals surface area contributed by atoms with E-state index in [0.717, 1.165) is 18.6 Å². The predicted octanol–water partition coefficient (Wildman–Crippen LogP) is 3.89. The normalized spacial score (nSPS) is 12.4. The van der Waals surface area contributed by atoms with E-state index < -0.39 is 0 Å². The molecule has 16 heavy (non-hydrogen) atoms. The van der Waals surface area contributed by atoms with Gasteiger partial charge in [0.1, 0.15) is 5.75 Å². The van der Waals surface area contributed by atoms with Crippen LogP contribution in [0.4, 0.5) is 0 Å². The summed E-state index contributed by atoms with van der Waals surface area (Å²) in [6.45, 7) is 3.72. The first-order valence-corrected chi connectivity index (χ1v) is 6.65. The molecule has 90 valence electrons. The van der Waals surface area contributed by atoms with Crippen LogP contribution >= 0.6 is 11.3 Å². The van der Waals surface area contributed by atoms with E-state index >= 15 is 0 Å².